The average Bonchev–Trinajstić information content (AvgIpc) is 3.31. The summed E-state index contributed by atoms with van der Waals surface area (Å²) in [5.74, 6) is 0.195. The number of fused-ring (bicyclic) bond motifs is 3. The van der Waals surface area contributed by atoms with Crippen LogP contribution in [0.1, 0.15) is 68.2 Å². The fraction of sp³-hybridized carbons (Fsp3) is 0.378. The van der Waals surface area contributed by atoms with E-state index in [1.165, 1.54) is 21.9 Å². The Bertz CT molecular complexity index is 1490. The molecule has 4 atom stereocenters. The number of piperidine rings is 1. The standard InChI is InChI=1S/C37H41NO4/c1-37(2,3)42-36(39)38-32-19-20-34(38)35(41-25-28-15-16-29-11-7-8-12-31(29)21-28)33(22-32)30-17-13-27(14-18-30)24-40-23-26-9-5-4-6-10-26/h4-18,21,32-35H,19-20,22-25H2,1-3H3. The Kier molecular flexibility index (Phi) is 8.32. The summed E-state index contributed by atoms with van der Waals surface area (Å²) in [6.07, 6.45) is 2.42. The largest absolute Gasteiger partial charge is 0.444 e. The summed E-state index contributed by atoms with van der Waals surface area (Å²) in [4.78, 5) is 15.4. The number of carbonyl (C=O) groups is 1. The van der Waals surface area contributed by atoms with Gasteiger partial charge in [0.15, 0.2) is 0 Å². The van der Waals surface area contributed by atoms with E-state index in [1.807, 2.05) is 43.9 Å². The van der Waals surface area contributed by atoms with E-state index in [-0.39, 0.29) is 30.2 Å². The molecule has 2 aliphatic rings. The molecule has 0 N–H and O–H groups in total. The minimum Gasteiger partial charge on any atom is -0.444 e. The van der Waals surface area contributed by atoms with Gasteiger partial charge in [0.05, 0.1) is 32.0 Å². The van der Waals surface area contributed by atoms with Crippen molar-refractivity contribution >= 4 is 16.9 Å². The first-order chi connectivity index (χ1) is 20.3. The Morgan fingerprint density at radius 1 is 0.762 bits per heavy atom. The maximum atomic E-state index is 13.4. The second-order valence-corrected chi connectivity index (χ2v) is 12.7. The van der Waals surface area contributed by atoms with E-state index in [0.717, 1.165) is 30.4 Å². The first-order valence-corrected chi connectivity index (χ1v) is 15.2. The fourth-order valence-electron chi connectivity index (χ4n) is 6.56. The first kappa shape index (κ1) is 28.4. The Morgan fingerprint density at radius 3 is 2.17 bits per heavy atom. The Balaban J connectivity index is 1.20. The zero-order valence-corrected chi connectivity index (χ0v) is 24.9. The third kappa shape index (κ3) is 6.53. The second-order valence-electron chi connectivity index (χ2n) is 12.7. The minimum atomic E-state index is -0.534. The summed E-state index contributed by atoms with van der Waals surface area (Å²) in [5.41, 5.74) is 4.19. The molecule has 1 amide bonds. The maximum absolute atomic E-state index is 13.4. The van der Waals surface area contributed by atoms with E-state index in [1.54, 1.807) is 0 Å². The van der Waals surface area contributed by atoms with Crippen LogP contribution in [0.15, 0.2) is 97.1 Å². The van der Waals surface area contributed by atoms with Gasteiger partial charge in [0.25, 0.3) is 0 Å². The molecular weight excluding hydrogens is 522 g/mol. The fourth-order valence-corrected chi connectivity index (χ4v) is 6.56. The van der Waals surface area contributed by atoms with E-state index < -0.39 is 5.60 Å². The van der Waals surface area contributed by atoms with Crippen molar-refractivity contribution in [2.75, 3.05) is 0 Å². The Morgan fingerprint density at radius 2 is 1.43 bits per heavy atom. The highest BCUT2D eigenvalue weighted by atomic mass is 16.6. The van der Waals surface area contributed by atoms with Crippen molar-refractivity contribution in [1.82, 2.24) is 4.90 Å². The number of carbonyl (C=O) groups excluding carboxylic acids is 1. The summed E-state index contributed by atoms with van der Waals surface area (Å²) in [6.45, 7) is 7.45. The van der Waals surface area contributed by atoms with Crippen LogP contribution in [0.25, 0.3) is 10.8 Å². The molecule has 0 aliphatic carbocycles. The molecule has 2 bridgehead atoms. The molecule has 42 heavy (non-hydrogen) atoms. The molecule has 2 aliphatic heterocycles. The highest BCUT2D eigenvalue weighted by molar-refractivity contribution is 5.82. The van der Waals surface area contributed by atoms with Gasteiger partial charge >= 0.3 is 6.09 Å². The lowest BCUT2D eigenvalue weighted by Crippen LogP contribution is -2.55. The second kappa shape index (κ2) is 12.3. The van der Waals surface area contributed by atoms with E-state index >= 15 is 0 Å². The van der Waals surface area contributed by atoms with E-state index in [4.69, 9.17) is 14.2 Å². The summed E-state index contributed by atoms with van der Waals surface area (Å²) < 4.78 is 18.6. The van der Waals surface area contributed by atoms with Crippen LogP contribution in [0.2, 0.25) is 0 Å². The zero-order chi connectivity index (χ0) is 29.1. The van der Waals surface area contributed by atoms with Gasteiger partial charge in [0.2, 0.25) is 0 Å². The van der Waals surface area contributed by atoms with Crippen molar-refractivity contribution in [2.24, 2.45) is 0 Å². The lowest BCUT2D eigenvalue weighted by molar-refractivity contribution is -0.0667. The highest BCUT2D eigenvalue weighted by Crippen LogP contribution is 2.45. The number of hydrogen-bond donors (Lipinski definition) is 0. The molecule has 2 saturated heterocycles. The number of hydrogen-bond acceptors (Lipinski definition) is 4. The smallest absolute Gasteiger partial charge is 0.410 e. The van der Waals surface area contributed by atoms with E-state index in [2.05, 4.69) is 78.9 Å². The van der Waals surface area contributed by atoms with Gasteiger partial charge in [-0.3, -0.25) is 4.90 Å². The molecule has 0 radical (unpaired) electrons. The summed E-state index contributed by atoms with van der Waals surface area (Å²) in [7, 11) is 0. The van der Waals surface area contributed by atoms with Crippen molar-refractivity contribution < 1.29 is 19.0 Å². The molecule has 218 valence electrons. The number of benzene rings is 4. The molecule has 4 aromatic carbocycles. The van der Waals surface area contributed by atoms with Crippen LogP contribution in [-0.4, -0.2) is 34.8 Å². The van der Waals surface area contributed by atoms with Crippen LogP contribution in [-0.2, 0) is 34.0 Å². The van der Waals surface area contributed by atoms with Crippen LogP contribution in [0.4, 0.5) is 4.79 Å². The number of nitrogens with zero attached hydrogens (tertiary/aromatic N) is 1. The van der Waals surface area contributed by atoms with E-state index in [0.29, 0.717) is 19.8 Å². The molecule has 2 heterocycles. The molecule has 5 nitrogen and oxygen atoms in total. The van der Waals surface area contributed by atoms with Crippen molar-refractivity contribution in [3.05, 3.63) is 119 Å². The van der Waals surface area contributed by atoms with Gasteiger partial charge in [-0.25, -0.2) is 4.79 Å². The predicted molar refractivity (Wildman–Crippen MR) is 166 cm³/mol. The number of amides is 1. The van der Waals surface area contributed by atoms with Crippen LogP contribution < -0.4 is 0 Å². The monoisotopic (exact) mass is 563 g/mol. The maximum Gasteiger partial charge on any atom is 0.410 e. The third-order valence-electron chi connectivity index (χ3n) is 8.50. The van der Waals surface area contributed by atoms with Crippen molar-refractivity contribution in [1.29, 1.82) is 0 Å². The van der Waals surface area contributed by atoms with Crippen LogP contribution >= 0.6 is 0 Å². The van der Waals surface area contributed by atoms with Crippen molar-refractivity contribution in [3.8, 4) is 0 Å². The molecule has 5 heteroatoms. The molecular formula is C37H41NO4. The lowest BCUT2D eigenvalue weighted by atomic mass is 9.82. The molecule has 4 unspecified atom stereocenters. The number of ether oxygens (including phenoxy) is 3. The van der Waals surface area contributed by atoms with Gasteiger partial charge in [-0.15, -0.1) is 0 Å². The molecule has 0 saturated carbocycles. The topological polar surface area (TPSA) is 48.0 Å². The minimum absolute atomic E-state index is 0.0158. The summed E-state index contributed by atoms with van der Waals surface area (Å²) >= 11 is 0. The van der Waals surface area contributed by atoms with Crippen molar-refractivity contribution in [2.45, 2.75) is 89.6 Å². The van der Waals surface area contributed by atoms with Gasteiger partial charge in [0, 0.05) is 12.0 Å². The first-order valence-electron chi connectivity index (χ1n) is 15.2. The SMILES string of the molecule is CC(C)(C)OC(=O)N1C2CCC1C(OCc1ccc3ccccc3c1)C(c1ccc(COCc3ccccc3)cc1)C2. The Labute approximate surface area is 249 Å². The summed E-state index contributed by atoms with van der Waals surface area (Å²) in [5, 5.41) is 2.43. The normalized spacial score (nSPS) is 21.9. The molecule has 4 aromatic rings. The van der Waals surface area contributed by atoms with Gasteiger partial charge in [-0.1, -0.05) is 91.0 Å². The summed E-state index contributed by atoms with van der Waals surface area (Å²) in [6, 6.07) is 34.1. The van der Waals surface area contributed by atoms with Gasteiger partial charge in [0.1, 0.15) is 5.60 Å². The molecule has 6 rings (SSSR count). The van der Waals surface area contributed by atoms with Crippen LogP contribution in [0, 0.1) is 0 Å². The molecule has 0 aromatic heterocycles. The van der Waals surface area contributed by atoms with E-state index in [9.17, 15) is 4.79 Å². The third-order valence-corrected chi connectivity index (χ3v) is 8.50. The quantitative estimate of drug-likeness (QED) is 0.216. The van der Waals surface area contributed by atoms with Crippen LogP contribution in [0.5, 0.6) is 0 Å². The molecule has 2 fully saturated rings. The average molecular weight is 564 g/mol. The lowest BCUT2D eigenvalue weighted by Gasteiger charge is -2.44. The highest BCUT2D eigenvalue weighted by Gasteiger charge is 2.51. The zero-order valence-electron chi connectivity index (χ0n) is 24.9. The molecule has 0 spiro atoms. The number of rotatable bonds is 8. The van der Waals surface area contributed by atoms with Crippen molar-refractivity contribution in [3.63, 3.8) is 0 Å². The van der Waals surface area contributed by atoms with Gasteiger partial charge < -0.3 is 14.2 Å². The van der Waals surface area contributed by atoms with Crippen LogP contribution in [0.3, 0.4) is 0 Å². The van der Waals surface area contributed by atoms with Gasteiger partial charge in [-0.05, 0) is 79.1 Å². The van der Waals surface area contributed by atoms with Gasteiger partial charge in [-0.2, -0.15) is 0 Å². The predicted octanol–water partition coefficient (Wildman–Crippen LogP) is 8.40. The Hall–Kier alpha value is -3.67.